The van der Waals surface area contributed by atoms with Gasteiger partial charge in [0.1, 0.15) is 5.69 Å². The molecule has 2 aromatic rings. The minimum atomic E-state index is -4.95. The molecule has 1 aromatic carbocycles. The minimum absolute atomic E-state index is 0.184. The highest BCUT2D eigenvalue weighted by Gasteiger charge is 2.39. The summed E-state index contributed by atoms with van der Waals surface area (Å²) in [7, 11) is 0. The third-order valence-electron chi connectivity index (χ3n) is 3.77. The molecule has 1 unspecified atom stereocenters. The molecule has 5 radical (unpaired) electrons. The van der Waals surface area contributed by atoms with Crippen molar-refractivity contribution in [2.24, 2.45) is 0 Å². The highest BCUT2D eigenvalue weighted by molar-refractivity contribution is 5.86. The topological polar surface area (TPSA) is 33.1 Å². The second kappa shape index (κ2) is 6.16. The Kier molecular flexibility index (Phi) is 4.43. The van der Waals surface area contributed by atoms with Crippen molar-refractivity contribution in [1.29, 1.82) is 0 Å². The predicted octanol–water partition coefficient (Wildman–Crippen LogP) is 4.71. The maximum atomic E-state index is 13.2. The van der Waals surface area contributed by atoms with Gasteiger partial charge >= 0.3 is 12.4 Å². The Balaban J connectivity index is 2.27. The van der Waals surface area contributed by atoms with Crippen LogP contribution in [0.3, 0.4) is 0 Å². The molecule has 25 heavy (non-hydrogen) atoms. The number of para-hydroxylation sites is 1. The summed E-state index contributed by atoms with van der Waals surface area (Å²) in [6.07, 6.45) is -5.27. The monoisotopic (exact) mass is 358 g/mol. The average molecular weight is 358 g/mol. The van der Waals surface area contributed by atoms with Crippen molar-refractivity contribution in [3.05, 3.63) is 72.7 Å². The first-order valence-electron chi connectivity index (χ1n) is 7.07. The Morgan fingerprint density at radius 2 is 1.56 bits per heavy atom. The van der Waals surface area contributed by atoms with E-state index in [-0.39, 0.29) is 16.9 Å². The van der Waals surface area contributed by atoms with Crippen LogP contribution in [0.15, 0.2) is 24.3 Å². The summed E-state index contributed by atoms with van der Waals surface area (Å²) in [6, 6.07) is 3.52. The van der Waals surface area contributed by atoms with Crippen molar-refractivity contribution >= 4 is 10.9 Å². The van der Waals surface area contributed by atoms with E-state index in [4.69, 9.17) is 0 Å². The molecule has 1 N–H and O–H groups in total. The van der Waals surface area contributed by atoms with Crippen LogP contribution >= 0.6 is 0 Å². The van der Waals surface area contributed by atoms with E-state index in [1.807, 2.05) is 0 Å². The Bertz CT molecular complexity index is 777. The molecule has 0 spiro atoms. The third kappa shape index (κ3) is 3.44. The number of fused-ring (bicyclic) bond motifs is 1. The summed E-state index contributed by atoms with van der Waals surface area (Å²) >= 11 is 0. The van der Waals surface area contributed by atoms with Crippen LogP contribution in [0.25, 0.3) is 10.9 Å². The second-order valence-electron chi connectivity index (χ2n) is 5.41. The number of pyridine rings is 1. The number of aliphatic hydroxyl groups excluding tert-OH is 1. The van der Waals surface area contributed by atoms with Gasteiger partial charge in [-0.1, -0.05) is 12.1 Å². The molecule has 3 rings (SSSR count). The molecule has 1 heterocycles. The van der Waals surface area contributed by atoms with E-state index in [9.17, 15) is 31.4 Å². The third-order valence-corrected chi connectivity index (χ3v) is 3.77. The number of aliphatic hydroxyl groups is 1. The van der Waals surface area contributed by atoms with Gasteiger partial charge in [0.2, 0.25) is 0 Å². The quantitative estimate of drug-likeness (QED) is 0.789. The van der Waals surface area contributed by atoms with Crippen LogP contribution in [-0.2, 0) is 12.4 Å². The summed E-state index contributed by atoms with van der Waals surface area (Å²) in [4.78, 5) is 3.18. The van der Waals surface area contributed by atoms with Gasteiger partial charge in [-0.15, -0.1) is 0 Å². The molecule has 131 valence electrons. The first kappa shape index (κ1) is 18.0. The van der Waals surface area contributed by atoms with Crippen LogP contribution in [0.5, 0.6) is 0 Å². The van der Waals surface area contributed by atoms with Gasteiger partial charge in [-0.3, -0.25) is 0 Å². The molecule has 0 aliphatic heterocycles. The molecule has 8 heteroatoms. The second-order valence-corrected chi connectivity index (χ2v) is 5.41. The van der Waals surface area contributed by atoms with Crippen LogP contribution in [-0.4, -0.2) is 10.1 Å². The first-order chi connectivity index (χ1) is 11.6. The van der Waals surface area contributed by atoms with Crippen LogP contribution in [0.1, 0.15) is 22.9 Å². The van der Waals surface area contributed by atoms with Crippen molar-refractivity contribution in [3.63, 3.8) is 0 Å². The van der Waals surface area contributed by atoms with Crippen molar-refractivity contribution in [1.82, 2.24) is 4.98 Å². The SMILES string of the molecule is OC([C]1[CH][CH][CH][CH]1)c1cc(C(F)(F)F)nc2c(C(F)(F)F)cccc12. The molecule has 2 nitrogen and oxygen atoms in total. The number of hydrogen-bond donors (Lipinski definition) is 1. The van der Waals surface area contributed by atoms with Gasteiger partial charge in [0.15, 0.2) is 0 Å². The molecular formula is C17H10F6NO. The molecule has 1 aliphatic rings. The normalized spacial score (nSPS) is 18.0. The Morgan fingerprint density at radius 1 is 0.920 bits per heavy atom. The highest BCUT2D eigenvalue weighted by atomic mass is 19.4. The summed E-state index contributed by atoms with van der Waals surface area (Å²) in [5.74, 6) is 0.276. The molecule has 1 saturated carbocycles. The number of rotatable bonds is 2. The minimum Gasteiger partial charge on any atom is -0.388 e. The molecule has 1 fully saturated rings. The zero-order valence-corrected chi connectivity index (χ0v) is 12.4. The summed E-state index contributed by atoms with van der Waals surface area (Å²) < 4.78 is 78.8. The molecule has 1 aromatic heterocycles. The van der Waals surface area contributed by atoms with Gasteiger partial charge in [0, 0.05) is 11.3 Å². The number of benzene rings is 1. The number of hydrogen-bond acceptors (Lipinski definition) is 2. The predicted molar refractivity (Wildman–Crippen MR) is 77.1 cm³/mol. The van der Waals surface area contributed by atoms with Gasteiger partial charge in [-0.25, -0.2) is 4.98 Å². The van der Waals surface area contributed by atoms with Gasteiger partial charge < -0.3 is 5.11 Å². The van der Waals surface area contributed by atoms with Gasteiger partial charge in [-0.05, 0) is 43.4 Å². The Morgan fingerprint density at radius 3 is 2.12 bits per heavy atom. The smallest absolute Gasteiger partial charge is 0.388 e. The largest absolute Gasteiger partial charge is 0.433 e. The van der Waals surface area contributed by atoms with Crippen molar-refractivity contribution in [2.75, 3.05) is 0 Å². The van der Waals surface area contributed by atoms with Gasteiger partial charge in [-0.2, -0.15) is 26.3 Å². The van der Waals surface area contributed by atoms with E-state index in [2.05, 4.69) is 4.98 Å². The van der Waals surface area contributed by atoms with Crippen molar-refractivity contribution in [2.45, 2.75) is 18.5 Å². The first-order valence-corrected chi connectivity index (χ1v) is 7.07. The summed E-state index contributed by atoms with van der Waals surface area (Å²) in [5, 5.41) is 10.2. The lowest BCUT2D eigenvalue weighted by Gasteiger charge is -2.21. The van der Waals surface area contributed by atoms with E-state index in [1.165, 1.54) is 18.9 Å². The number of nitrogens with zero attached hydrogens (tertiary/aromatic N) is 1. The Hall–Kier alpha value is -1.83. The van der Waals surface area contributed by atoms with Crippen LogP contribution in [0.2, 0.25) is 0 Å². The van der Waals surface area contributed by atoms with Gasteiger partial charge in [0.05, 0.1) is 17.2 Å². The van der Waals surface area contributed by atoms with Gasteiger partial charge in [0.25, 0.3) is 0 Å². The zero-order valence-electron chi connectivity index (χ0n) is 12.4. The van der Waals surface area contributed by atoms with Crippen molar-refractivity contribution < 1.29 is 31.4 Å². The maximum absolute atomic E-state index is 13.2. The molecule has 0 saturated heterocycles. The van der Waals surface area contributed by atoms with Crippen LogP contribution < -0.4 is 0 Å². The summed E-state index contributed by atoms with van der Waals surface area (Å²) in [5.41, 5.74) is -3.90. The molecule has 1 aliphatic carbocycles. The zero-order chi connectivity index (χ0) is 18.4. The molecule has 0 amide bonds. The number of halogens is 6. The number of aromatic nitrogens is 1. The average Bonchev–Trinajstić information content (AvgIpc) is 3.05. The van der Waals surface area contributed by atoms with Crippen LogP contribution in [0, 0.1) is 31.6 Å². The lowest BCUT2D eigenvalue weighted by molar-refractivity contribution is -0.142. The van der Waals surface area contributed by atoms with E-state index >= 15 is 0 Å². The van der Waals surface area contributed by atoms with E-state index in [0.717, 1.165) is 6.07 Å². The number of alkyl halides is 6. The lowest BCUT2D eigenvalue weighted by atomic mass is 9.91. The van der Waals surface area contributed by atoms with E-state index < -0.39 is 35.2 Å². The van der Waals surface area contributed by atoms with E-state index in [0.29, 0.717) is 12.1 Å². The fraction of sp³-hybridized carbons (Fsp3) is 0.176. The van der Waals surface area contributed by atoms with Crippen LogP contribution in [0.4, 0.5) is 26.3 Å². The maximum Gasteiger partial charge on any atom is 0.433 e. The molecule has 0 bridgehead atoms. The fourth-order valence-electron chi connectivity index (χ4n) is 2.63. The Labute approximate surface area is 139 Å². The highest BCUT2D eigenvalue weighted by Crippen LogP contribution is 2.42. The fourth-order valence-corrected chi connectivity index (χ4v) is 2.63. The standard InChI is InChI=1S/C17H10F6NO/c18-16(19,20)12-7-3-6-10-11(15(25)9-4-1-2-5-9)8-13(17(21,22)23)24-14(10)12/h1-8,15,25H. The molecular weight excluding hydrogens is 348 g/mol. The van der Waals surface area contributed by atoms with E-state index in [1.54, 1.807) is 12.8 Å². The summed E-state index contributed by atoms with van der Waals surface area (Å²) in [6.45, 7) is 0. The van der Waals surface area contributed by atoms with Crippen molar-refractivity contribution in [3.8, 4) is 0 Å². The molecule has 1 atom stereocenters. The lowest BCUT2D eigenvalue weighted by Crippen LogP contribution is -2.15.